The van der Waals surface area contributed by atoms with E-state index in [1.54, 1.807) is 0 Å². The highest BCUT2D eigenvalue weighted by molar-refractivity contribution is 6.82. The minimum atomic E-state index is -1.03. The van der Waals surface area contributed by atoms with Crippen LogP contribution >= 0.6 is 0 Å². The van der Waals surface area contributed by atoms with Gasteiger partial charge in [-0.3, -0.25) is 0 Å². The van der Waals surface area contributed by atoms with Crippen molar-refractivity contribution in [1.29, 1.82) is 0 Å². The molecular weight excluding hydrogens is 243 g/mol. The van der Waals surface area contributed by atoms with Crippen LogP contribution in [0.1, 0.15) is 64.2 Å². The first-order valence-electron chi connectivity index (χ1n) is 8.76. The Bertz CT molecular complexity index is 262. The molecule has 0 heterocycles. The van der Waals surface area contributed by atoms with E-state index in [4.69, 9.17) is 0 Å². The third kappa shape index (κ3) is 5.13. The van der Waals surface area contributed by atoms with Crippen LogP contribution in [0.3, 0.4) is 0 Å². The van der Waals surface area contributed by atoms with Gasteiger partial charge in [0.05, 0.1) is 8.07 Å². The molecule has 2 aliphatic carbocycles. The number of hydrogen-bond donors (Lipinski definition) is 0. The van der Waals surface area contributed by atoms with Crippen molar-refractivity contribution in [3.8, 4) is 0 Å². The predicted molar refractivity (Wildman–Crippen MR) is 91.9 cm³/mol. The Morgan fingerprint density at radius 2 is 1.16 bits per heavy atom. The van der Waals surface area contributed by atoms with Gasteiger partial charge < -0.3 is 0 Å². The summed E-state index contributed by atoms with van der Waals surface area (Å²) in [7, 11) is -1.03. The lowest BCUT2D eigenvalue weighted by molar-refractivity contribution is 0.464. The van der Waals surface area contributed by atoms with Crippen molar-refractivity contribution >= 4 is 14.8 Å². The highest BCUT2D eigenvalue weighted by Gasteiger charge is 2.32. The predicted octanol–water partition coefficient (Wildman–Crippen LogP) is 6.12. The molecule has 0 aromatic heterocycles. The summed E-state index contributed by atoms with van der Waals surface area (Å²) in [6.45, 7) is 8.35. The molecule has 0 aromatic carbocycles. The van der Waals surface area contributed by atoms with Crippen LogP contribution in [-0.4, -0.2) is 14.8 Å². The van der Waals surface area contributed by atoms with E-state index in [0.29, 0.717) is 0 Å². The minimum Gasteiger partial charge on any atom is -0.122 e. The molecule has 0 aliphatic heterocycles. The van der Waals surface area contributed by atoms with Crippen molar-refractivity contribution in [2.45, 2.75) is 95.5 Å². The van der Waals surface area contributed by atoms with Gasteiger partial charge >= 0.3 is 0 Å². The molecule has 0 saturated heterocycles. The standard InChI is InChI=1S/C17H33BSi/c1-19(2,3)15-14-18(16-10-6-4-7-11-16)17-12-8-5-9-13-17/h14-17H,4-13H2,1-3H3. The second-order valence-corrected chi connectivity index (χ2v) is 13.2. The summed E-state index contributed by atoms with van der Waals surface area (Å²) in [6.07, 6.45) is 15.0. The van der Waals surface area contributed by atoms with Gasteiger partial charge in [-0.25, -0.2) is 0 Å². The first kappa shape index (κ1) is 15.4. The van der Waals surface area contributed by atoms with E-state index in [2.05, 4.69) is 31.3 Å². The van der Waals surface area contributed by atoms with E-state index in [9.17, 15) is 0 Å². The van der Waals surface area contributed by atoms with Gasteiger partial charge in [-0.1, -0.05) is 95.5 Å². The first-order chi connectivity index (χ1) is 9.06. The lowest BCUT2D eigenvalue weighted by Gasteiger charge is -2.34. The normalized spacial score (nSPS) is 23.9. The maximum absolute atomic E-state index is 2.69. The molecule has 0 nitrogen and oxygen atoms in total. The average molecular weight is 276 g/mol. The van der Waals surface area contributed by atoms with E-state index in [1.165, 1.54) is 64.2 Å². The van der Waals surface area contributed by atoms with Crippen LogP contribution in [0.25, 0.3) is 0 Å². The van der Waals surface area contributed by atoms with Crippen LogP contribution in [0, 0.1) is 0 Å². The summed E-state index contributed by atoms with van der Waals surface area (Å²) < 4.78 is 0. The fourth-order valence-electron chi connectivity index (χ4n) is 4.14. The van der Waals surface area contributed by atoms with Gasteiger partial charge in [-0.05, 0) is 0 Å². The quantitative estimate of drug-likeness (QED) is 0.542. The van der Waals surface area contributed by atoms with Crippen molar-refractivity contribution in [1.82, 2.24) is 0 Å². The molecule has 0 bridgehead atoms. The molecule has 108 valence electrons. The summed E-state index contributed by atoms with van der Waals surface area (Å²) in [5.74, 6) is 4.73. The molecule has 0 unspecified atom stereocenters. The van der Waals surface area contributed by atoms with Crippen LogP contribution in [0.15, 0.2) is 11.7 Å². The fraction of sp³-hybridized carbons (Fsp3) is 0.882. The molecule has 0 atom stereocenters. The van der Waals surface area contributed by atoms with Crippen molar-refractivity contribution < 1.29 is 0 Å². The Kier molecular flexibility index (Phi) is 5.80. The van der Waals surface area contributed by atoms with Crippen LogP contribution in [-0.2, 0) is 0 Å². The second-order valence-electron chi connectivity index (χ2n) is 8.10. The van der Waals surface area contributed by atoms with E-state index < -0.39 is 8.07 Å². The van der Waals surface area contributed by atoms with E-state index in [0.717, 1.165) is 18.3 Å². The highest BCUT2D eigenvalue weighted by atomic mass is 28.3. The Hall–Kier alpha value is 0.0218. The molecule has 2 fully saturated rings. The second kappa shape index (κ2) is 7.15. The molecular formula is C17H33BSi. The van der Waals surface area contributed by atoms with Gasteiger partial charge in [-0.15, -0.1) is 11.7 Å². The molecule has 0 spiro atoms. The third-order valence-corrected chi connectivity index (χ3v) is 6.40. The van der Waals surface area contributed by atoms with Gasteiger partial charge in [-0.2, -0.15) is 0 Å². The molecule has 0 radical (unpaired) electrons. The van der Waals surface area contributed by atoms with Crippen LogP contribution < -0.4 is 0 Å². The van der Waals surface area contributed by atoms with E-state index in [-0.39, 0.29) is 0 Å². The van der Waals surface area contributed by atoms with E-state index >= 15 is 0 Å². The summed E-state index contributed by atoms with van der Waals surface area (Å²) in [5, 5.41) is 0. The highest BCUT2D eigenvalue weighted by Crippen LogP contribution is 2.41. The van der Waals surface area contributed by atoms with Crippen LogP contribution in [0.4, 0.5) is 0 Å². The largest absolute Gasteiger partial charge is 0.171 e. The molecule has 2 heteroatoms. The molecule has 0 N–H and O–H groups in total. The monoisotopic (exact) mass is 276 g/mol. The molecule has 0 amide bonds. The smallest absolute Gasteiger partial charge is 0.122 e. The molecule has 0 aromatic rings. The van der Waals surface area contributed by atoms with Gasteiger partial charge in [0.15, 0.2) is 6.71 Å². The first-order valence-corrected chi connectivity index (χ1v) is 12.3. The average Bonchev–Trinajstić information content (AvgIpc) is 2.40. The Morgan fingerprint density at radius 3 is 1.53 bits per heavy atom. The summed E-state index contributed by atoms with van der Waals surface area (Å²) in [5.41, 5.74) is 2.64. The molecule has 2 saturated carbocycles. The lowest BCUT2D eigenvalue weighted by Crippen LogP contribution is -2.30. The fourth-order valence-corrected chi connectivity index (χ4v) is 4.94. The van der Waals surface area contributed by atoms with Gasteiger partial charge in [0.2, 0.25) is 0 Å². The molecule has 19 heavy (non-hydrogen) atoms. The zero-order chi connectivity index (χ0) is 13.7. The van der Waals surface area contributed by atoms with Crippen molar-refractivity contribution in [3.05, 3.63) is 11.7 Å². The van der Waals surface area contributed by atoms with Crippen LogP contribution in [0.5, 0.6) is 0 Å². The lowest BCUT2D eigenvalue weighted by atomic mass is 9.30. The maximum atomic E-state index is 2.69. The molecule has 2 rings (SSSR count). The van der Waals surface area contributed by atoms with Crippen molar-refractivity contribution in [2.24, 2.45) is 0 Å². The number of rotatable bonds is 4. The maximum Gasteiger partial charge on any atom is 0.171 e. The summed E-state index contributed by atoms with van der Waals surface area (Å²) >= 11 is 0. The number of hydrogen-bond acceptors (Lipinski definition) is 0. The molecule has 2 aliphatic rings. The van der Waals surface area contributed by atoms with Gasteiger partial charge in [0.1, 0.15) is 0 Å². The Morgan fingerprint density at radius 1 is 0.737 bits per heavy atom. The minimum absolute atomic E-state index is 0.923. The topological polar surface area (TPSA) is 0 Å². The zero-order valence-corrected chi connectivity index (χ0v) is 14.5. The van der Waals surface area contributed by atoms with E-state index in [1.807, 2.05) is 0 Å². The zero-order valence-electron chi connectivity index (χ0n) is 13.5. The Balaban J connectivity index is 2.04. The van der Waals surface area contributed by atoms with Crippen molar-refractivity contribution in [3.63, 3.8) is 0 Å². The summed E-state index contributed by atoms with van der Waals surface area (Å²) in [6, 6.07) is 0. The van der Waals surface area contributed by atoms with Gasteiger partial charge in [0, 0.05) is 0 Å². The summed E-state index contributed by atoms with van der Waals surface area (Å²) in [4.78, 5) is 0. The van der Waals surface area contributed by atoms with Crippen LogP contribution in [0.2, 0.25) is 31.3 Å². The van der Waals surface area contributed by atoms with Gasteiger partial charge in [0.25, 0.3) is 0 Å². The van der Waals surface area contributed by atoms with Crippen molar-refractivity contribution in [2.75, 3.05) is 0 Å². The SMILES string of the molecule is C[Si](C)(C)C=CB(C1CCCCC1)C1CCCCC1. The Labute approximate surface area is 122 Å². The third-order valence-electron chi connectivity index (χ3n) is 5.21.